The molecular formula is C29H43FN4O3. The van der Waals surface area contributed by atoms with Gasteiger partial charge in [0, 0.05) is 50.5 Å². The first-order chi connectivity index (χ1) is 17.6. The van der Waals surface area contributed by atoms with Crippen molar-refractivity contribution >= 4 is 23.4 Å². The van der Waals surface area contributed by atoms with Crippen molar-refractivity contribution in [2.45, 2.75) is 90.3 Å². The van der Waals surface area contributed by atoms with Crippen LogP contribution < -0.4 is 9.80 Å². The molecule has 204 valence electrons. The number of hydrogen-bond donors (Lipinski definition) is 0. The van der Waals surface area contributed by atoms with Gasteiger partial charge in [-0.25, -0.2) is 9.18 Å². The summed E-state index contributed by atoms with van der Waals surface area (Å²) < 4.78 is 20.9. The number of halogens is 1. The average molecular weight is 515 g/mol. The van der Waals surface area contributed by atoms with Crippen LogP contribution in [0.4, 0.5) is 20.6 Å². The summed E-state index contributed by atoms with van der Waals surface area (Å²) in [5.74, 6) is -0.341. The Bertz CT molecular complexity index is 1020. The Balaban J connectivity index is 1.21. The van der Waals surface area contributed by atoms with Crippen LogP contribution >= 0.6 is 0 Å². The van der Waals surface area contributed by atoms with Crippen molar-refractivity contribution < 1.29 is 18.7 Å². The first-order valence-electron chi connectivity index (χ1n) is 14.2. The lowest BCUT2D eigenvalue weighted by atomic mass is 9.77. The normalized spacial score (nSPS) is 26.8. The Morgan fingerprint density at radius 2 is 1.76 bits per heavy atom. The average Bonchev–Trinajstić information content (AvgIpc) is 3.45. The minimum Gasteiger partial charge on any atom is -0.444 e. The summed E-state index contributed by atoms with van der Waals surface area (Å²) in [7, 11) is 0. The molecule has 5 rings (SSSR count). The smallest absolute Gasteiger partial charge is 0.410 e. The summed E-state index contributed by atoms with van der Waals surface area (Å²) in [5.41, 5.74) is 0.218. The molecule has 0 radical (unpaired) electrons. The van der Waals surface area contributed by atoms with Crippen LogP contribution in [0.1, 0.15) is 72.6 Å². The second-order valence-corrected chi connectivity index (χ2v) is 12.6. The molecule has 7 nitrogen and oxygen atoms in total. The molecule has 4 heterocycles. The fraction of sp³-hybridized carbons (Fsp3) is 0.724. The molecule has 0 aliphatic carbocycles. The van der Waals surface area contributed by atoms with Crippen LogP contribution in [0.2, 0.25) is 0 Å². The number of likely N-dealkylation sites (tertiary alicyclic amines) is 2. The zero-order valence-corrected chi connectivity index (χ0v) is 23.0. The molecule has 0 N–H and O–H groups in total. The number of nitrogens with zero attached hydrogens (tertiary/aromatic N) is 4. The zero-order chi connectivity index (χ0) is 26.4. The van der Waals surface area contributed by atoms with E-state index >= 15 is 4.39 Å². The lowest BCUT2D eigenvalue weighted by Crippen LogP contribution is -2.48. The van der Waals surface area contributed by atoms with Crippen molar-refractivity contribution in [1.29, 1.82) is 0 Å². The number of carbonyl (C=O) groups excluding carboxylic acids is 2. The Morgan fingerprint density at radius 3 is 2.43 bits per heavy atom. The van der Waals surface area contributed by atoms with E-state index < -0.39 is 11.0 Å². The maximum atomic E-state index is 15.4. The van der Waals surface area contributed by atoms with Crippen molar-refractivity contribution in [3.05, 3.63) is 24.0 Å². The van der Waals surface area contributed by atoms with Crippen LogP contribution in [-0.2, 0) is 9.53 Å². The number of carbonyl (C=O) groups is 2. The largest absolute Gasteiger partial charge is 0.444 e. The molecule has 2 atom stereocenters. The summed E-state index contributed by atoms with van der Waals surface area (Å²) in [6.45, 7) is 12.4. The Labute approximate surface area is 220 Å². The topological polar surface area (TPSA) is 56.3 Å². The van der Waals surface area contributed by atoms with Gasteiger partial charge in [0.05, 0.1) is 11.1 Å². The highest BCUT2D eigenvalue weighted by atomic mass is 19.1. The van der Waals surface area contributed by atoms with E-state index in [0.717, 1.165) is 25.2 Å². The maximum absolute atomic E-state index is 15.4. The predicted octanol–water partition coefficient (Wildman–Crippen LogP) is 5.03. The highest BCUT2D eigenvalue weighted by Crippen LogP contribution is 2.44. The summed E-state index contributed by atoms with van der Waals surface area (Å²) >= 11 is 0. The van der Waals surface area contributed by atoms with E-state index in [-0.39, 0.29) is 17.8 Å². The molecule has 1 aromatic carbocycles. The fourth-order valence-electron chi connectivity index (χ4n) is 6.78. The van der Waals surface area contributed by atoms with Crippen LogP contribution in [0.15, 0.2) is 18.2 Å². The van der Waals surface area contributed by atoms with E-state index in [4.69, 9.17) is 4.74 Å². The molecule has 1 aromatic rings. The lowest BCUT2D eigenvalue weighted by molar-refractivity contribution is -0.128. The molecule has 0 aromatic heterocycles. The molecule has 37 heavy (non-hydrogen) atoms. The van der Waals surface area contributed by atoms with Gasteiger partial charge in [-0.2, -0.15) is 0 Å². The van der Waals surface area contributed by atoms with Gasteiger partial charge in [0.15, 0.2) is 0 Å². The summed E-state index contributed by atoms with van der Waals surface area (Å²) in [6.07, 6.45) is 6.51. The van der Waals surface area contributed by atoms with Crippen molar-refractivity contribution in [2.24, 2.45) is 5.41 Å². The maximum Gasteiger partial charge on any atom is 0.410 e. The van der Waals surface area contributed by atoms with Crippen LogP contribution in [-0.4, -0.2) is 78.8 Å². The Morgan fingerprint density at radius 1 is 1.03 bits per heavy atom. The van der Waals surface area contributed by atoms with Gasteiger partial charge in [0.25, 0.3) is 0 Å². The molecule has 0 saturated carbocycles. The van der Waals surface area contributed by atoms with E-state index in [2.05, 4.69) is 16.7 Å². The Kier molecular flexibility index (Phi) is 7.16. The molecule has 8 heteroatoms. The summed E-state index contributed by atoms with van der Waals surface area (Å²) in [5, 5.41) is 0. The highest BCUT2D eigenvalue weighted by Gasteiger charge is 2.49. The van der Waals surface area contributed by atoms with Crippen molar-refractivity contribution in [3.63, 3.8) is 0 Å². The predicted molar refractivity (Wildman–Crippen MR) is 143 cm³/mol. The van der Waals surface area contributed by atoms with Crippen molar-refractivity contribution in [1.82, 2.24) is 9.80 Å². The summed E-state index contributed by atoms with van der Waals surface area (Å²) in [6, 6.07) is 6.53. The van der Waals surface area contributed by atoms with Crippen molar-refractivity contribution in [3.8, 4) is 0 Å². The van der Waals surface area contributed by atoms with Gasteiger partial charge in [-0.1, -0.05) is 6.42 Å². The first kappa shape index (κ1) is 26.3. The third kappa shape index (κ3) is 5.31. The molecular weight excluding hydrogens is 471 g/mol. The van der Waals surface area contributed by atoms with Gasteiger partial charge in [-0.05, 0) is 91.0 Å². The first-order valence-corrected chi connectivity index (χ1v) is 14.2. The monoisotopic (exact) mass is 514 g/mol. The number of anilines is 2. The fourth-order valence-corrected chi connectivity index (χ4v) is 6.78. The molecule has 2 amide bonds. The zero-order valence-electron chi connectivity index (χ0n) is 23.0. The van der Waals surface area contributed by atoms with Gasteiger partial charge in [-0.3, -0.25) is 9.69 Å². The molecule has 4 aliphatic heterocycles. The molecule has 4 aliphatic rings. The number of rotatable bonds is 3. The molecule has 0 bridgehead atoms. The highest BCUT2D eigenvalue weighted by molar-refractivity contribution is 6.00. The van der Waals surface area contributed by atoms with Gasteiger partial charge >= 0.3 is 6.09 Å². The number of amides is 2. The standard InChI is InChI=1S/C29H43FN4O3/c1-21-7-5-6-14-33(21)23-10-15-32(20-23)22-8-9-25(24(30)19-22)34-18-13-29(26(34)35)11-16-31(17-12-29)27(36)37-28(2,3)4/h8-9,19,21,23H,5-7,10-18,20H2,1-4H3/t21-,23-/m0/s1. The number of piperidine rings is 2. The van der Waals surface area contributed by atoms with Gasteiger partial charge < -0.3 is 19.4 Å². The van der Waals surface area contributed by atoms with Crippen LogP contribution in [0, 0.1) is 11.2 Å². The van der Waals surface area contributed by atoms with E-state index in [1.54, 1.807) is 21.9 Å². The van der Waals surface area contributed by atoms with Crippen molar-refractivity contribution in [2.75, 3.05) is 49.1 Å². The van der Waals surface area contributed by atoms with E-state index in [9.17, 15) is 9.59 Å². The SMILES string of the molecule is C[C@H]1CCCCN1[C@H]1CCN(c2ccc(N3CCC4(CCN(C(=O)OC(C)(C)C)CC4)C3=O)c(F)c2)C1. The molecule has 4 fully saturated rings. The number of hydrogen-bond acceptors (Lipinski definition) is 5. The molecule has 1 spiro atoms. The van der Waals surface area contributed by atoms with Crippen LogP contribution in [0.5, 0.6) is 0 Å². The van der Waals surface area contributed by atoms with Gasteiger partial charge in [-0.15, -0.1) is 0 Å². The van der Waals surface area contributed by atoms with Crippen LogP contribution in [0.25, 0.3) is 0 Å². The minimum absolute atomic E-state index is 0.0108. The molecule has 0 unspecified atom stereocenters. The van der Waals surface area contributed by atoms with Gasteiger partial charge in [0.2, 0.25) is 5.91 Å². The van der Waals surface area contributed by atoms with Crippen LogP contribution in [0.3, 0.4) is 0 Å². The molecule has 4 saturated heterocycles. The number of ether oxygens (including phenoxy) is 1. The lowest BCUT2D eigenvalue weighted by Gasteiger charge is -2.38. The second-order valence-electron chi connectivity index (χ2n) is 12.6. The quantitative estimate of drug-likeness (QED) is 0.566. The Hall–Kier alpha value is -2.35. The van der Waals surface area contributed by atoms with E-state index in [1.807, 2.05) is 26.8 Å². The minimum atomic E-state index is -0.544. The third-order valence-corrected chi connectivity index (χ3v) is 8.96. The number of benzene rings is 1. The van der Waals surface area contributed by atoms with Gasteiger partial charge in [0.1, 0.15) is 11.4 Å². The summed E-state index contributed by atoms with van der Waals surface area (Å²) in [4.78, 5) is 34.2. The van der Waals surface area contributed by atoms with E-state index in [0.29, 0.717) is 56.7 Å². The second kappa shape index (κ2) is 10.1. The third-order valence-electron chi connectivity index (χ3n) is 8.96. The van der Waals surface area contributed by atoms with E-state index in [1.165, 1.54) is 25.8 Å².